The summed E-state index contributed by atoms with van der Waals surface area (Å²) < 4.78 is 13.2. The third-order valence-corrected chi connectivity index (χ3v) is 4.82. The lowest BCUT2D eigenvalue weighted by molar-refractivity contribution is 0.161. The summed E-state index contributed by atoms with van der Waals surface area (Å²) in [5.74, 6) is 1.70. The lowest BCUT2D eigenvalue weighted by Crippen LogP contribution is -2.44. The molecule has 1 aromatic heterocycles. The van der Waals surface area contributed by atoms with Crippen LogP contribution in [0, 0.1) is 11.7 Å². The van der Waals surface area contributed by atoms with Gasteiger partial charge in [-0.2, -0.15) is 0 Å². The molecule has 1 fully saturated rings. The number of anilines is 2. The number of benzene rings is 1. The predicted molar refractivity (Wildman–Crippen MR) is 98.7 cm³/mol. The zero-order chi connectivity index (χ0) is 17.8. The molecule has 0 saturated carbocycles. The van der Waals surface area contributed by atoms with Crippen molar-refractivity contribution in [3.8, 4) is 0 Å². The lowest BCUT2D eigenvalue weighted by atomic mass is 10.0. The molecule has 25 heavy (non-hydrogen) atoms. The highest BCUT2D eigenvalue weighted by Gasteiger charge is 2.28. The molecular weight excluding hydrogens is 317 g/mol. The summed E-state index contributed by atoms with van der Waals surface area (Å²) in [7, 11) is 0. The van der Waals surface area contributed by atoms with Crippen molar-refractivity contribution in [2.45, 2.75) is 32.9 Å². The van der Waals surface area contributed by atoms with Crippen molar-refractivity contribution in [2.75, 3.05) is 30.3 Å². The molecule has 1 aliphatic rings. The Morgan fingerprint density at radius 3 is 2.64 bits per heavy atom. The molecule has 0 aliphatic carbocycles. The van der Waals surface area contributed by atoms with E-state index in [2.05, 4.69) is 33.6 Å². The minimum absolute atomic E-state index is 0.187. The quantitative estimate of drug-likeness (QED) is 0.925. The Bertz CT molecular complexity index is 688. The molecule has 0 amide bonds. The van der Waals surface area contributed by atoms with Crippen LogP contribution in [0.5, 0.6) is 0 Å². The zero-order valence-electron chi connectivity index (χ0n) is 14.9. The average molecular weight is 343 g/mol. The van der Waals surface area contributed by atoms with E-state index in [0.717, 1.165) is 44.0 Å². The van der Waals surface area contributed by atoms with Crippen LogP contribution >= 0.6 is 0 Å². The number of nitrogens with zero attached hydrogens (tertiary/aromatic N) is 4. The van der Waals surface area contributed by atoms with Crippen LogP contribution in [-0.2, 0) is 6.54 Å². The number of hydrogen-bond acceptors (Lipinski definition) is 5. The van der Waals surface area contributed by atoms with Crippen molar-refractivity contribution in [3.05, 3.63) is 48.0 Å². The van der Waals surface area contributed by atoms with E-state index in [-0.39, 0.29) is 5.82 Å². The van der Waals surface area contributed by atoms with Crippen molar-refractivity contribution in [2.24, 2.45) is 5.92 Å². The van der Waals surface area contributed by atoms with Crippen LogP contribution in [0.3, 0.4) is 0 Å². The normalized spacial score (nSPS) is 19.2. The van der Waals surface area contributed by atoms with Crippen LogP contribution in [-0.4, -0.2) is 40.5 Å². The van der Waals surface area contributed by atoms with Gasteiger partial charge in [0.1, 0.15) is 23.8 Å². The van der Waals surface area contributed by atoms with Crippen molar-refractivity contribution >= 4 is 11.6 Å². The Kier molecular flexibility index (Phi) is 5.48. The molecule has 3 rings (SSSR count). The smallest absolute Gasteiger partial charge is 0.134 e. The van der Waals surface area contributed by atoms with Gasteiger partial charge in [0.15, 0.2) is 0 Å². The highest BCUT2D eigenvalue weighted by molar-refractivity contribution is 5.46. The van der Waals surface area contributed by atoms with Crippen molar-refractivity contribution in [3.63, 3.8) is 0 Å². The number of nitrogen functional groups attached to an aromatic ring is 1. The SMILES string of the molecule is CC(C)C1CN(c2cc(N)ncn2)CCCN1Cc1ccc(F)cc1. The zero-order valence-corrected chi connectivity index (χ0v) is 14.9. The van der Waals surface area contributed by atoms with Crippen molar-refractivity contribution in [1.82, 2.24) is 14.9 Å². The van der Waals surface area contributed by atoms with E-state index < -0.39 is 0 Å². The van der Waals surface area contributed by atoms with E-state index >= 15 is 0 Å². The molecule has 1 aromatic carbocycles. The third-order valence-electron chi connectivity index (χ3n) is 4.82. The van der Waals surface area contributed by atoms with Crippen LogP contribution in [0.2, 0.25) is 0 Å². The first-order chi connectivity index (χ1) is 12.0. The van der Waals surface area contributed by atoms with E-state index in [1.54, 1.807) is 0 Å². The van der Waals surface area contributed by atoms with Gasteiger partial charge in [-0.1, -0.05) is 26.0 Å². The maximum atomic E-state index is 13.2. The van der Waals surface area contributed by atoms with Crippen molar-refractivity contribution in [1.29, 1.82) is 0 Å². The maximum absolute atomic E-state index is 13.2. The molecule has 1 saturated heterocycles. The second-order valence-electron chi connectivity index (χ2n) is 7.01. The highest BCUT2D eigenvalue weighted by atomic mass is 19.1. The predicted octanol–water partition coefficient (Wildman–Crippen LogP) is 2.93. The van der Waals surface area contributed by atoms with Gasteiger partial charge in [0, 0.05) is 38.3 Å². The second-order valence-corrected chi connectivity index (χ2v) is 7.01. The highest BCUT2D eigenvalue weighted by Crippen LogP contribution is 2.23. The molecule has 6 heteroatoms. The summed E-state index contributed by atoms with van der Waals surface area (Å²) in [5, 5.41) is 0. The summed E-state index contributed by atoms with van der Waals surface area (Å²) in [4.78, 5) is 13.2. The van der Waals surface area contributed by atoms with Gasteiger partial charge in [0.05, 0.1) is 0 Å². The van der Waals surface area contributed by atoms with E-state index in [4.69, 9.17) is 5.73 Å². The van der Waals surface area contributed by atoms with Gasteiger partial charge in [-0.25, -0.2) is 14.4 Å². The fourth-order valence-electron chi connectivity index (χ4n) is 3.46. The van der Waals surface area contributed by atoms with E-state index in [1.165, 1.54) is 18.5 Å². The Balaban J connectivity index is 1.77. The summed E-state index contributed by atoms with van der Waals surface area (Å²) in [5.41, 5.74) is 6.97. The van der Waals surface area contributed by atoms with Gasteiger partial charge in [0.2, 0.25) is 0 Å². The van der Waals surface area contributed by atoms with Gasteiger partial charge in [-0.15, -0.1) is 0 Å². The fourth-order valence-corrected chi connectivity index (χ4v) is 3.46. The molecule has 0 radical (unpaired) electrons. The van der Waals surface area contributed by atoms with E-state index in [0.29, 0.717) is 17.8 Å². The minimum Gasteiger partial charge on any atom is -0.384 e. The summed E-state index contributed by atoms with van der Waals surface area (Å²) >= 11 is 0. The Hall–Kier alpha value is -2.21. The molecule has 0 spiro atoms. The van der Waals surface area contributed by atoms with Crippen LogP contribution < -0.4 is 10.6 Å². The number of aromatic nitrogens is 2. The van der Waals surface area contributed by atoms with Gasteiger partial charge >= 0.3 is 0 Å². The molecule has 2 aromatic rings. The maximum Gasteiger partial charge on any atom is 0.134 e. The lowest BCUT2D eigenvalue weighted by Gasteiger charge is -2.35. The van der Waals surface area contributed by atoms with E-state index in [9.17, 15) is 4.39 Å². The average Bonchev–Trinajstić information content (AvgIpc) is 2.80. The molecule has 1 unspecified atom stereocenters. The van der Waals surface area contributed by atoms with E-state index in [1.807, 2.05) is 18.2 Å². The molecule has 1 aliphatic heterocycles. The van der Waals surface area contributed by atoms with Crippen LogP contribution in [0.1, 0.15) is 25.8 Å². The molecule has 2 N–H and O–H groups in total. The number of hydrogen-bond donors (Lipinski definition) is 1. The van der Waals surface area contributed by atoms with Crippen LogP contribution in [0.25, 0.3) is 0 Å². The van der Waals surface area contributed by atoms with Crippen LogP contribution in [0.15, 0.2) is 36.7 Å². The number of halogens is 1. The van der Waals surface area contributed by atoms with Crippen LogP contribution in [0.4, 0.5) is 16.0 Å². The van der Waals surface area contributed by atoms with Gasteiger partial charge in [-0.3, -0.25) is 4.90 Å². The van der Waals surface area contributed by atoms with Crippen molar-refractivity contribution < 1.29 is 4.39 Å². The standard InChI is InChI=1S/C19H26FN5/c1-14(2)17-12-25(19-10-18(21)22-13-23-19)9-3-8-24(17)11-15-4-6-16(20)7-5-15/h4-7,10,13-14,17H,3,8-9,11-12H2,1-2H3,(H2,21,22,23). The number of nitrogens with two attached hydrogens (primary N) is 1. The Morgan fingerprint density at radius 1 is 1.20 bits per heavy atom. The Morgan fingerprint density at radius 2 is 1.96 bits per heavy atom. The molecular formula is C19H26FN5. The molecule has 2 heterocycles. The first-order valence-electron chi connectivity index (χ1n) is 8.84. The topological polar surface area (TPSA) is 58.3 Å². The fraction of sp³-hybridized carbons (Fsp3) is 0.474. The summed E-state index contributed by atoms with van der Waals surface area (Å²) in [6.07, 6.45) is 2.57. The van der Waals surface area contributed by atoms with Gasteiger partial charge in [0.25, 0.3) is 0 Å². The summed E-state index contributed by atoms with van der Waals surface area (Å²) in [6, 6.07) is 9.05. The molecule has 1 atom stereocenters. The summed E-state index contributed by atoms with van der Waals surface area (Å²) in [6.45, 7) is 8.19. The second kappa shape index (κ2) is 7.78. The largest absolute Gasteiger partial charge is 0.384 e. The molecule has 134 valence electrons. The monoisotopic (exact) mass is 343 g/mol. The minimum atomic E-state index is -0.187. The Labute approximate surface area is 148 Å². The molecule has 5 nitrogen and oxygen atoms in total. The number of rotatable bonds is 4. The van der Waals surface area contributed by atoms with Gasteiger partial charge in [-0.05, 0) is 30.0 Å². The van der Waals surface area contributed by atoms with Gasteiger partial charge < -0.3 is 10.6 Å². The molecule has 0 bridgehead atoms. The first-order valence-corrected chi connectivity index (χ1v) is 8.84. The first kappa shape index (κ1) is 17.6. The third kappa shape index (κ3) is 4.45.